The lowest BCUT2D eigenvalue weighted by Gasteiger charge is -2.12. The molecule has 3 rings (SSSR count). The molecule has 0 radical (unpaired) electrons. The van der Waals surface area contributed by atoms with Crippen LogP contribution in [0.3, 0.4) is 0 Å². The van der Waals surface area contributed by atoms with Crippen LogP contribution >= 0.6 is 38.7 Å². The zero-order valence-electron chi connectivity index (χ0n) is 15.9. The van der Waals surface area contributed by atoms with Crippen molar-refractivity contribution in [3.05, 3.63) is 63.2 Å². The maximum atomic E-state index is 6.14. The SMILES string of the molecule is Cc1cc(C)c(C(=S)Oc2psc(-c3c(C)cc(C)cc3C)p2)c(C)c1. The highest BCUT2D eigenvalue weighted by Crippen LogP contribution is 2.51. The van der Waals surface area contributed by atoms with Gasteiger partial charge >= 0.3 is 0 Å². The molecule has 0 N–H and O–H groups in total. The van der Waals surface area contributed by atoms with E-state index in [9.17, 15) is 0 Å². The summed E-state index contributed by atoms with van der Waals surface area (Å²) < 4.78 is 7.49. The Morgan fingerprint density at radius 2 is 1.35 bits per heavy atom. The summed E-state index contributed by atoms with van der Waals surface area (Å²) in [4.78, 5) is 0. The summed E-state index contributed by atoms with van der Waals surface area (Å²) in [6.45, 7) is 12.9. The Morgan fingerprint density at radius 3 is 1.88 bits per heavy atom. The number of rotatable bonds is 3. The van der Waals surface area contributed by atoms with E-state index in [1.54, 1.807) is 0 Å². The smallest absolute Gasteiger partial charge is 0.199 e. The summed E-state index contributed by atoms with van der Waals surface area (Å²) in [6, 6.07) is 8.84. The molecular weight excluding hydrogens is 394 g/mol. The van der Waals surface area contributed by atoms with E-state index in [0.29, 0.717) is 5.05 Å². The van der Waals surface area contributed by atoms with Crippen LogP contribution in [0.4, 0.5) is 0 Å². The van der Waals surface area contributed by atoms with Crippen molar-refractivity contribution in [1.29, 1.82) is 0 Å². The van der Waals surface area contributed by atoms with E-state index in [-0.39, 0.29) is 0 Å². The first-order valence-corrected chi connectivity index (χ1v) is 12.1. The Morgan fingerprint density at radius 1 is 0.846 bits per heavy atom. The van der Waals surface area contributed by atoms with Gasteiger partial charge < -0.3 is 4.74 Å². The van der Waals surface area contributed by atoms with Gasteiger partial charge in [0, 0.05) is 18.5 Å². The Balaban J connectivity index is 1.89. The molecule has 134 valence electrons. The van der Waals surface area contributed by atoms with Gasteiger partial charge in [0.05, 0.1) is 4.61 Å². The van der Waals surface area contributed by atoms with E-state index >= 15 is 0 Å². The highest BCUT2D eigenvalue weighted by molar-refractivity contribution is 7.90. The Bertz CT molecular complexity index is 959. The lowest BCUT2D eigenvalue weighted by atomic mass is 10.0. The number of ether oxygens (including phenoxy) is 1. The topological polar surface area (TPSA) is 9.23 Å². The van der Waals surface area contributed by atoms with Gasteiger partial charge in [0.1, 0.15) is 0 Å². The predicted octanol–water partition coefficient (Wildman–Crippen LogP) is 8.18. The Kier molecular flexibility index (Phi) is 5.94. The zero-order chi connectivity index (χ0) is 19.0. The van der Waals surface area contributed by atoms with Gasteiger partial charge in [-0.1, -0.05) is 35.4 Å². The average Bonchev–Trinajstić information content (AvgIpc) is 2.92. The standard InChI is InChI=1S/C21H22OP2S2/c1-11-7-13(3)17(14(4)8-11)19(25)22-21-23-20(26-24-21)18-15(5)9-12(2)10-16(18)6/h7-10H,1-6H3. The number of aryl methyl sites for hydroxylation is 6. The summed E-state index contributed by atoms with van der Waals surface area (Å²) in [5.74, 6) is 0. The van der Waals surface area contributed by atoms with E-state index in [1.165, 1.54) is 43.6 Å². The molecule has 0 fully saturated rings. The molecular formula is C21H22OP2S2. The van der Waals surface area contributed by atoms with Gasteiger partial charge in [-0.2, -0.15) is 0 Å². The largest absolute Gasteiger partial charge is 0.435 e. The number of thiocarbonyl (C=S) groups is 1. The molecule has 0 atom stereocenters. The lowest BCUT2D eigenvalue weighted by Crippen LogP contribution is -2.10. The van der Waals surface area contributed by atoms with E-state index < -0.39 is 0 Å². The fraction of sp³-hybridized carbons (Fsp3) is 0.286. The maximum absolute atomic E-state index is 6.14. The van der Waals surface area contributed by atoms with Crippen LogP contribution in [-0.4, -0.2) is 5.05 Å². The summed E-state index contributed by atoms with van der Waals surface area (Å²) >= 11 is 5.63. The van der Waals surface area contributed by atoms with E-state index in [4.69, 9.17) is 17.0 Å². The van der Waals surface area contributed by atoms with Gasteiger partial charge in [-0.05, 0) is 84.2 Å². The van der Waals surface area contributed by atoms with Crippen LogP contribution in [0.25, 0.3) is 10.2 Å². The number of hydrogen-bond acceptors (Lipinski definition) is 3. The van der Waals surface area contributed by atoms with Crippen molar-refractivity contribution in [2.45, 2.75) is 41.5 Å². The Labute approximate surface area is 168 Å². The highest BCUT2D eigenvalue weighted by atomic mass is 32.5. The normalized spacial score (nSPS) is 11.5. The fourth-order valence-corrected chi connectivity index (χ4v) is 8.94. The van der Waals surface area contributed by atoms with Gasteiger partial charge in [0.2, 0.25) is 0 Å². The molecule has 1 heterocycles. The van der Waals surface area contributed by atoms with Crippen LogP contribution in [0.15, 0.2) is 24.3 Å². The van der Waals surface area contributed by atoms with Crippen LogP contribution < -0.4 is 4.74 Å². The third-order valence-electron chi connectivity index (χ3n) is 4.36. The molecule has 0 unspecified atom stereocenters. The van der Waals surface area contributed by atoms with Crippen molar-refractivity contribution in [3.8, 4) is 15.4 Å². The van der Waals surface area contributed by atoms with Crippen LogP contribution in [0, 0.1) is 41.5 Å². The van der Waals surface area contributed by atoms with Crippen LogP contribution in [0.1, 0.15) is 38.9 Å². The molecule has 0 amide bonds. The van der Waals surface area contributed by atoms with Crippen LogP contribution in [-0.2, 0) is 0 Å². The van der Waals surface area contributed by atoms with Crippen molar-refractivity contribution in [2.75, 3.05) is 0 Å². The molecule has 2 aromatic carbocycles. The molecule has 0 saturated carbocycles. The molecule has 1 nitrogen and oxygen atoms in total. The second-order valence-electron chi connectivity index (χ2n) is 6.82. The summed E-state index contributed by atoms with van der Waals surface area (Å²) in [6.07, 6.45) is 0. The summed E-state index contributed by atoms with van der Waals surface area (Å²) in [7, 11) is 4.12. The van der Waals surface area contributed by atoms with E-state index in [1.807, 2.05) is 10.9 Å². The lowest BCUT2D eigenvalue weighted by molar-refractivity contribution is 0.597. The van der Waals surface area contributed by atoms with Crippen molar-refractivity contribution in [2.24, 2.45) is 0 Å². The summed E-state index contributed by atoms with van der Waals surface area (Å²) in [5.41, 5.74) is 10.0. The maximum Gasteiger partial charge on any atom is 0.199 e. The fourth-order valence-electron chi connectivity index (χ4n) is 3.51. The van der Waals surface area contributed by atoms with Crippen molar-refractivity contribution < 1.29 is 4.74 Å². The molecule has 0 aliphatic heterocycles. The number of benzene rings is 2. The minimum atomic E-state index is 0.592. The molecule has 0 saturated heterocycles. The van der Waals surface area contributed by atoms with Gasteiger partial charge in [0.25, 0.3) is 0 Å². The average molecular weight is 416 g/mol. The van der Waals surface area contributed by atoms with E-state index in [0.717, 1.165) is 26.3 Å². The zero-order valence-corrected chi connectivity index (χ0v) is 19.4. The van der Waals surface area contributed by atoms with Gasteiger partial charge in [-0.3, -0.25) is 0 Å². The predicted molar refractivity (Wildman–Crippen MR) is 122 cm³/mol. The van der Waals surface area contributed by atoms with Crippen molar-refractivity contribution in [1.82, 2.24) is 0 Å². The monoisotopic (exact) mass is 416 g/mol. The first-order valence-electron chi connectivity index (χ1n) is 8.48. The first kappa shape index (κ1) is 19.6. The van der Waals surface area contributed by atoms with Crippen LogP contribution in [0.2, 0.25) is 0 Å². The third-order valence-corrected chi connectivity index (χ3v) is 9.38. The molecule has 0 aliphatic carbocycles. The molecule has 26 heavy (non-hydrogen) atoms. The van der Waals surface area contributed by atoms with Crippen molar-refractivity contribution in [3.63, 3.8) is 0 Å². The quantitative estimate of drug-likeness (QED) is 0.398. The molecule has 0 spiro atoms. The Hall–Kier alpha value is -1.11. The number of hydrogen-bond donors (Lipinski definition) is 0. The first-order chi connectivity index (χ1) is 12.3. The van der Waals surface area contributed by atoms with Crippen LogP contribution in [0.5, 0.6) is 5.21 Å². The third kappa shape index (κ3) is 4.07. The summed E-state index contributed by atoms with van der Waals surface area (Å²) in [5, 5.41) is 1.60. The molecule has 5 heteroatoms. The highest BCUT2D eigenvalue weighted by Gasteiger charge is 2.15. The second kappa shape index (κ2) is 7.87. The van der Waals surface area contributed by atoms with Crippen molar-refractivity contribution >= 4 is 43.8 Å². The minimum Gasteiger partial charge on any atom is -0.435 e. The van der Waals surface area contributed by atoms with E-state index in [2.05, 4.69) is 65.8 Å². The molecule has 1 aromatic heterocycles. The van der Waals surface area contributed by atoms with Gasteiger partial charge in [-0.15, -0.1) is 10.9 Å². The molecule has 0 aliphatic rings. The minimum absolute atomic E-state index is 0.592. The second-order valence-corrected chi connectivity index (χ2v) is 11.2. The van der Waals surface area contributed by atoms with Gasteiger partial charge in [0.15, 0.2) is 10.3 Å². The molecule has 3 aromatic rings. The molecule has 0 bridgehead atoms. The van der Waals surface area contributed by atoms with Gasteiger partial charge in [-0.25, -0.2) is 0 Å².